The Balaban J connectivity index is 1.61. The van der Waals surface area contributed by atoms with Crippen LogP contribution in [-0.2, 0) is 24.4 Å². The van der Waals surface area contributed by atoms with E-state index in [9.17, 15) is 4.79 Å². The normalized spacial score (nSPS) is 14.4. The molecule has 1 saturated heterocycles. The van der Waals surface area contributed by atoms with Crippen LogP contribution in [0.5, 0.6) is 0 Å². The fraction of sp³-hybridized carbons (Fsp3) is 0.364. The standard InChI is InChI=1S/C22H27ClN4O/c1-2-24-22(26-15-19-9-3-4-10-20(19)23)25-14-17-7-5-8-18(13-17)16-27-12-6-11-21(27)28/h3-5,7-10,13H,2,6,11-12,14-16H2,1H3,(H2,24,25,26). The molecule has 2 aromatic rings. The van der Waals surface area contributed by atoms with Gasteiger partial charge < -0.3 is 15.5 Å². The molecule has 1 fully saturated rings. The van der Waals surface area contributed by atoms with Gasteiger partial charge in [0.05, 0.1) is 6.54 Å². The highest BCUT2D eigenvalue weighted by Gasteiger charge is 2.19. The molecule has 0 aromatic heterocycles. The molecule has 148 valence electrons. The van der Waals surface area contributed by atoms with Crippen molar-refractivity contribution in [3.8, 4) is 0 Å². The summed E-state index contributed by atoms with van der Waals surface area (Å²) in [6.45, 7) is 5.55. The number of amides is 1. The van der Waals surface area contributed by atoms with E-state index in [0.29, 0.717) is 26.1 Å². The minimum absolute atomic E-state index is 0.252. The zero-order chi connectivity index (χ0) is 19.8. The Morgan fingerprint density at radius 3 is 2.71 bits per heavy atom. The first-order valence-corrected chi connectivity index (χ1v) is 10.1. The highest BCUT2D eigenvalue weighted by Crippen LogP contribution is 2.16. The fourth-order valence-corrected chi connectivity index (χ4v) is 3.45. The number of carbonyl (C=O) groups is 1. The third-order valence-corrected chi connectivity index (χ3v) is 5.07. The Kier molecular flexibility index (Phi) is 7.31. The summed E-state index contributed by atoms with van der Waals surface area (Å²) in [6.07, 6.45) is 1.64. The van der Waals surface area contributed by atoms with Gasteiger partial charge in [-0.25, -0.2) is 4.99 Å². The van der Waals surface area contributed by atoms with Gasteiger partial charge in [0.25, 0.3) is 0 Å². The molecular weight excluding hydrogens is 372 g/mol. The van der Waals surface area contributed by atoms with Gasteiger partial charge in [-0.15, -0.1) is 0 Å². The molecule has 0 aliphatic carbocycles. The summed E-state index contributed by atoms with van der Waals surface area (Å²) < 4.78 is 0. The molecule has 1 heterocycles. The van der Waals surface area contributed by atoms with Crippen molar-refractivity contribution in [2.45, 2.75) is 39.4 Å². The lowest BCUT2D eigenvalue weighted by Gasteiger charge is -2.16. The van der Waals surface area contributed by atoms with Gasteiger partial charge in [-0.3, -0.25) is 4.79 Å². The van der Waals surface area contributed by atoms with E-state index >= 15 is 0 Å². The Bertz CT molecular complexity index is 837. The number of aliphatic imine (C=N–C) groups is 1. The first-order valence-electron chi connectivity index (χ1n) is 9.77. The largest absolute Gasteiger partial charge is 0.357 e. The molecule has 0 unspecified atom stereocenters. The van der Waals surface area contributed by atoms with Crippen LogP contribution in [0.4, 0.5) is 0 Å². The van der Waals surface area contributed by atoms with E-state index in [1.165, 1.54) is 0 Å². The molecular formula is C22H27ClN4O. The lowest BCUT2D eigenvalue weighted by Crippen LogP contribution is -2.36. The predicted octanol–water partition coefficient (Wildman–Crippen LogP) is 3.72. The summed E-state index contributed by atoms with van der Waals surface area (Å²) in [4.78, 5) is 18.5. The molecule has 1 aliphatic rings. The molecule has 6 heteroatoms. The van der Waals surface area contributed by atoms with Crippen LogP contribution in [0.2, 0.25) is 5.02 Å². The summed E-state index contributed by atoms with van der Waals surface area (Å²) in [7, 11) is 0. The maximum Gasteiger partial charge on any atom is 0.222 e. The van der Waals surface area contributed by atoms with Crippen molar-refractivity contribution in [2.75, 3.05) is 13.1 Å². The number of guanidine groups is 1. The highest BCUT2D eigenvalue weighted by atomic mass is 35.5. The number of halogens is 1. The number of hydrogen-bond acceptors (Lipinski definition) is 2. The van der Waals surface area contributed by atoms with E-state index in [0.717, 1.165) is 47.2 Å². The lowest BCUT2D eigenvalue weighted by atomic mass is 10.1. The second-order valence-electron chi connectivity index (χ2n) is 6.88. The molecule has 0 spiro atoms. The summed E-state index contributed by atoms with van der Waals surface area (Å²) in [5.74, 6) is 1.00. The van der Waals surface area contributed by atoms with E-state index < -0.39 is 0 Å². The summed E-state index contributed by atoms with van der Waals surface area (Å²) in [5, 5.41) is 7.34. The molecule has 2 aromatic carbocycles. The number of nitrogens with one attached hydrogen (secondary N) is 2. The number of hydrogen-bond donors (Lipinski definition) is 2. The fourth-order valence-electron chi connectivity index (χ4n) is 3.25. The minimum atomic E-state index is 0.252. The molecule has 0 radical (unpaired) electrons. The van der Waals surface area contributed by atoms with Gasteiger partial charge >= 0.3 is 0 Å². The highest BCUT2D eigenvalue weighted by molar-refractivity contribution is 6.31. The maximum atomic E-state index is 11.8. The number of likely N-dealkylation sites (tertiary alicyclic amines) is 1. The molecule has 1 aliphatic heterocycles. The summed E-state index contributed by atoms with van der Waals surface area (Å²) >= 11 is 6.23. The average Bonchev–Trinajstić information content (AvgIpc) is 3.10. The van der Waals surface area contributed by atoms with Crippen molar-refractivity contribution in [2.24, 2.45) is 4.99 Å². The van der Waals surface area contributed by atoms with Gasteiger partial charge in [-0.05, 0) is 36.1 Å². The van der Waals surface area contributed by atoms with Gasteiger partial charge in [0.15, 0.2) is 5.96 Å². The van der Waals surface area contributed by atoms with Crippen LogP contribution in [0.25, 0.3) is 0 Å². The molecule has 28 heavy (non-hydrogen) atoms. The van der Waals surface area contributed by atoms with Crippen LogP contribution in [0.3, 0.4) is 0 Å². The molecule has 1 amide bonds. The van der Waals surface area contributed by atoms with Crippen LogP contribution >= 0.6 is 11.6 Å². The third kappa shape index (κ3) is 5.73. The van der Waals surface area contributed by atoms with Gasteiger partial charge in [0.2, 0.25) is 5.91 Å². The van der Waals surface area contributed by atoms with Crippen LogP contribution in [0, 0.1) is 0 Å². The Labute approximate surface area is 171 Å². The van der Waals surface area contributed by atoms with Crippen molar-refractivity contribution < 1.29 is 4.79 Å². The SMILES string of the molecule is CCNC(=NCc1cccc(CN2CCCC2=O)c1)NCc1ccccc1Cl. The number of rotatable bonds is 7. The number of carbonyl (C=O) groups excluding carboxylic acids is 1. The number of nitrogens with zero attached hydrogens (tertiary/aromatic N) is 2. The smallest absolute Gasteiger partial charge is 0.222 e. The zero-order valence-corrected chi connectivity index (χ0v) is 17.0. The second-order valence-corrected chi connectivity index (χ2v) is 7.29. The van der Waals surface area contributed by atoms with Crippen LogP contribution in [-0.4, -0.2) is 29.9 Å². The van der Waals surface area contributed by atoms with Crippen LogP contribution < -0.4 is 10.6 Å². The Morgan fingerprint density at radius 2 is 1.96 bits per heavy atom. The molecule has 2 N–H and O–H groups in total. The maximum absolute atomic E-state index is 11.8. The Morgan fingerprint density at radius 1 is 1.14 bits per heavy atom. The number of benzene rings is 2. The van der Waals surface area contributed by atoms with Crippen molar-refractivity contribution in [1.82, 2.24) is 15.5 Å². The van der Waals surface area contributed by atoms with Crippen LogP contribution in [0.1, 0.15) is 36.5 Å². The van der Waals surface area contributed by atoms with E-state index in [2.05, 4.69) is 33.8 Å². The Hall–Kier alpha value is -2.53. The van der Waals surface area contributed by atoms with Crippen LogP contribution in [0.15, 0.2) is 53.5 Å². The van der Waals surface area contributed by atoms with Gasteiger partial charge in [0.1, 0.15) is 0 Å². The first-order chi connectivity index (χ1) is 13.7. The predicted molar refractivity (Wildman–Crippen MR) is 114 cm³/mol. The zero-order valence-electron chi connectivity index (χ0n) is 16.2. The van der Waals surface area contributed by atoms with Crippen molar-refractivity contribution in [3.63, 3.8) is 0 Å². The van der Waals surface area contributed by atoms with E-state index in [-0.39, 0.29) is 5.91 Å². The van der Waals surface area contributed by atoms with E-state index in [1.807, 2.05) is 42.2 Å². The summed E-state index contributed by atoms with van der Waals surface area (Å²) in [6, 6.07) is 16.1. The van der Waals surface area contributed by atoms with Gasteiger partial charge in [-0.1, -0.05) is 54.1 Å². The monoisotopic (exact) mass is 398 g/mol. The molecule has 0 saturated carbocycles. The van der Waals surface area contributed by atoms with Crippen molar-refractivity contribution >= 4 is 23.5 Å². The lowest BCUT2D eigenvalue weighted by molar-refractivity contribution is -0.128. The minimum Gasteiger partial charge on any atom is -0.357 e. The van der Waals surface area contributed by atoms with Crippen molar-refractivity contribution in [3.05, 3.63) is 70.2 Å². The van der Waals surface area contributed by atoms with Gasteiger partial charge in [-0.2, -0.15) is 0 Å². The quantitative estimate of drug-likeness (QED) is 0.552. The molecule has 5 nitrogen and oxygen atoms in total. The van der Waals surface area contributed by atoms with E-state index in [1.54, 1.807) is 0 Å². The van der Waals surface area contributed by atoms with E-state index in [4.69, 9.17) is 11.6 Å². The first kappa shape index (κ1) is 20.2. The second kappa shape index (κ2) is 10.1. The molecule has 0 bridgehead atoms. The summed E-state index contributed by atoms with van der Waals surface area (Å²) in [5.41, 5.74) is 3.31. The third-order valence-electron chi connectivity index (χ3n) is 4.70. The molecule has 0 atom stereocenters. The van der Waals surface area contributed by atoms with Gasteiger partial charge in [0, 0.05) is 37.6 Å². The molecule has 3 rings (SSSR count). The topological polar surface area (TPSA) is 56.7 Å². The average molecular weight is 399 g/mol. The van der Waals surface area contributed by atoms with Crippen molar-refractivity contribution in [1.29, 1.82) is 0 Å².